The third-order valence-electron chi connectivity index (χ3n) is 3.05. The molecule has 1 rings (SSSR count). The van der Waals surface area contributed by atoms with Gasteiger partial charge in [0.15, 0.2) is 6.73 Å². The highest BCUT2D eigenvalue weighted by atomic mass is 16.5. The zero-order chi connectivity index (χ0) is 13.4. The Morgan fingerprint density at radius 2 is 1.53 bits per heavy atom. The van der Waals surface area contributed by atoms with Gasteiger partial charge in [0.05, 0.1) is 47.9 Å². The Morgan fingerprint density at radius 3 is 1.82 bits per heavy atom. The highest BCUT2D eigenvalue weighted by molar-refractivity contribution is 4.48. The fourth-order valence-corrected chi connectivity index (χ4v) is 1.90. The average Bonchev–Trinajstić information content (AvgIpc) is 2.62. The number of likely N-dealkylation sites (tertiary alicyclic amines) is 1. The molecule has 1 aliphatic heterocycles. The van der Waals surface area contributed by atoms with E-state index in [9.17, 15) is 0 Å². The molecular weight excluding hydrogens is 216 g/mol. The molecule has 1 fully saturated rings. The summed E-state index contributed by atoms with van der Waals surface area (Å²) in [5, 5.41) is 0. The predicted molar refractivity (Wildman–Crippen MR) is 71.8 cm³/mol. The number of rotatable bonds is 5. The lowest BCUT2D eigenvalue weighted by atomic mass is 10.4. The molecule has 1 saturated heterocycles. The van der Waals surface area contributed by atoms with Crippen molar-refractivity contribution in [3.8, 4) is 0 Å². The van der Waals surface area contributed by atoms with Crippen molar-refractivity contribution in [1.29, 1.82) is 0 Å². The minimum absolute atomic E-state index is 0.851. The van der Waals surface area contributed by atoms with E-state index >= 15 is 0 Å². The Labute approximate surface area is 107 Å². The van der Waals surface area contributed by atoms with Crippen molar-refractivity contribution in [1.82, 2.24) is 0 Å². The smallest absolute Gasteiger partial charge is 0.182 e. The minimum atomic E-state index is 0.851. The number of hydrogen-bond acceptors (Lipinski definition) is 2. The largest absolute Gasteiger partial charge is 0.379 e. The molecule has 0 spiro atoms. The van der Waals surface area contributed by atoms with Gasteiger partial charge in [0, 0.05) is 27.1 Å². The number of nitrogens with zero attached hydrogens (tertiary/aromatic N) is 2. The molecule has 0 aromatic carbocycles. The van der Waals surface area contributed by atoms with Crippen LogP contribution in [0, 0.1) is 0 Å². The minimum Gasteiger partial charge on any atom is -0.379 e. The SMILES string of the molecule is COCC[N+](C)(C)C.COC[N+]1(C)CCCC1. The van der Waals surface area contributed by atoms with Crippen LogP contribution in [0.1, 0.15) is 12.8 Å². The van der Waals surface area contributed by atoms with Gasteiger partial charge >= 0.3 is 0 Å². The van der Waals surface area contributed by atoms with Crippen molar-refractivity contribution in [2.45, 2.75) is 12.8 Å². The molecule has 0 aromatic heterocycles. The summed E-state index contributed by atoms with van der Waals surface area (Å²) < 4.78 is 12.1. The molecule has 17 heavy (non-hydrogen) atoms. The molecule has 0 aromatic rings. The quantitative estimate of drug-likeness (QED) is 0.680. The van der Waals surface area contributed by atoms with Gasteiger partial charge in [0.2, 0.25) is 0 Å². The van der Waals surface area contributed by atoms with E-state index < -0.39 is 0 Å². The molecule has 0 saturated carbocycles. The van der Waals surface area contributed by atoms with Crippen LogP contribution in [0.15, 0.2) is 0 Å². The number of hydrogen-bond donors (Lipinski definition) is 0. The van der Waals surface area contributed by atoms with E-state index in [-0.39, 0.29) is 0 Å². The third kappa shape index (κ3) is 9.53. The van der Waals surface area contributed by atoms with Crippen LogP contribution >= 0.6 is 0 Å². The lowest BCUT2D eigenvalue weighted by molar-refractivity contribution is -0.916. The lowest BCUT2D eigenvalue weighted by Crippen LogP contribution is -2.42. The average molecular weight is 248 g/mol. The van der Waals surface area contributed by atoms with Crippen molar-refractivity contribution >= 4 is 0 Å². The topological polar surface area (TPSA) is 18.5 Å². The first-order valence-corrected chi connectivity index (χ1v) is 6.45. The van der Waals surface area contributed by atoms with Gasteiger partial charge in [0.25, 0.3) is 0 Å². The van der Waals surface area contributed by atoms with Gasteiger partial charge in [-0.1, -0.05) is 0 Å². The Hall–Kier alpha value is -0.160. The highest BCUT2D eigenvalue weighted by Crippen LogP contribution is 2.14. The molecule has 0 amide bonds. The van der Waals surface area contributed by atoms with Gasteiger partial charge in [0.1, 0.15) is 6.54 Å². The number of ether oxygens (including phenoxy) is 2. The fraction of sp³-hybridized carbons (Fsp3) is 1.00. The molecule has 4 heteroatoms. The Bertz CT molecular complexity index is 184. The predicted octanol–water partition coefficient (Wildman–Crippen LogP) is 1.17. The van der Waals surface area contributed by atoms with E-state index in [0.717, 1.165) is 28.8 Å². The first-order chi connectivity index (χ1) is 7.83. The Kier molecular flexibility index (Phi) is 7.96. The number of likely N-dealkylation sites (N-methyl/N-ethyl adjacent to an activating group) is 1. The maximum atomic E-state index is 5.10. The van der Waals surface area contributed by atoms with Crippen LogP contribution in [-0.4, -0.2) is 84.3 Å². The molecule has 1 heterocycles. The fourth-order valence-electron chi connectivity index (χ4n) is 1.90. The van der Waals surface area contributed by atoms with Crippen molar-refractivity contribution in [2.24, 2.45) is 0 Å². The van der Waals surface area contributed by atoms with Gasteiger partial charge in [-0.25, -0.2) is 0 Å². The lowest BCUT2D eigenvalue weighted by Gasteiger charge is -2.27. The standard InChI is InChI=1S/C7H16NO.C6H16NO/c1-8(7-9-2)5-3-4-6-8;1-7(2,3)5-6-8-4/h3-7H2,1-2H3;5-6H2,1-4H3/q2*+1. The molecule has 0 bridgehead atoms. The van der Waals surface area contributed by atoms with Crippen LogP contribution < -0.4 is 0 Å². The maximum absolute atomic E-state index is 5.10. The van der Waals surface area contributed by atoms with Crippen LogP contribution in [0.25, 0.3) is 0 Å². The molecule has 1 aliphatic rings. The maximum Gasteiger partial charge on any atom is 0.182 e. The summed E-state index contributed by atoms with van der Waals surface area (Å²) in [6.07, 6.45) is 2.75. The van der Waals surface area contributed by atoms with Crippen LogP contribution in [0.4, 0.5) is 0 Å². The Morgan fingerprint density at radius 1 is 1.00 bits per heavy atom. The van der Waals surface area contributed by atoms with Gasteiger partial charge in [-0.15, -0.1) is 0 Å². The van der Waals surface area contributed by atoms with Gasteiger partial charge in [-0.2, -0.15) is 0 Å². The first-order valence-electron chi connectivity index (χ1n) is 6.45. The zero-order valence-corrected chi connectivity index (χ0v) is 12.7. The summed E-state index contributed by atoms with van der Waals surface area (Å²) in [4.78, 5) is 0. The number of methoxy groups -OCH3 is 2. The molecule has 0 atom stereocenters. The van der Waals surface area contributed by atoms with Gasteiger partial charge in [-0.05, 0) is 0 Å². The van der Waals surface area contributed by atoms with Crippen molar-refractivity contribution < 1.29 is 18.4 Å². The van der Waals surface area contributed by atoms with Crippen LogP contribution in [-0.2, 0) is 9.47 Å². The molecular formula is C13H32N2O2+2. The van der Waals surface area contributed by atoms with Crippen molar-refractivity contribution in [3.05, 3.63) is 0 Å². The van der Waals surface area contributed by atoms with E-state index in [4.69, 9.17) is 9.47 Å². The normalized spacial score (nSPS) is 18.7. The van der Waals surface area contributed by atoms with Crippen molar-refractivity contribution in [2.75, 3.05) is 75.4 Å². The molecule has 104 valence electrons. The van der Waals surface area contributed by atoms with E-state index in [0.29, 0.717) is 0 Å². The van der Waals surface area contributed by atoms with E-state index in [2.05, 4.69) is 28.2 Å². The first kappa shape index (κ1) is 16.8. The summed E-state index contributed by atoms with van der Waals surface area (Å²) in [6, 6.07) is 0. The summed E-state index contributed by atoms with van der Waals surface area (Å²) in [6.45, 7) is 5.42. The summed E-state index contributed by atoms with van der Waals surface area (Å²) in [5.41, 5.74) is 0. The number of quaternary nitrogens is 2. The van der Waals surface area contributed by atoms with Gasteiger partial charge < -0.3 is 18.4 Å². The molecule has 0 unspecified atom stereocenters. The van der Waals surface area contributed by atoms with E-state index in [1.165, 1.54) is 25.9 Å². The summed E-state index contributed by atoms with van der Waals surface area (Å²) in [7, 11) is 12.2. The van der Waals surface area contributed by atoms with E-state index in [1.54, 1.807) is 14.2 Å². The zero-order valence-electron chi connectivity index (χ0n) is 12.7. The molecule has 0 N–H and O–H groups in total. The van der Waals surface area contributed by atoms with Crippen LogP contribution in [0.5, 0.6) is 0 Å². The van der Waals surface area contributed by atoms with Crippen LogP contribution in [0.2, 0.25) is 0 Å². The van der Waals surface area contributed by atoms with Crippen molar-refractivity contribution in [3.63, 3.8) is 0 Å². The second-order valence-electron chi connectivity index (χ2n) is 6.20. The highest BCUT2D eigenvalue weighted by Gasteiger charge is 2.25. The summed E-state index contributed by atoms with van der Waals surface area (Å²) in [5.74, 6) is 0. The second kappa shape index (κ2) is 8.03. The van der Waals surface area contributed by atoms with Crippen LogP contribution in [0.3, 0.4) is 0 Å². The molecule has 0 radical (unpaired) electrons. The molecule has 4 nitrogen and oxygen atoms in total. The summed E-state index contributed by atoms with van der Waals surface area (Å²) >= 11 is 0. The Balaban J connectivity index is 0.000000304. The second-order valence-corrected chi connectivity index (χ2v) is 6.20. The third-order valence-corrected chi connectivity index (χ3v) is 3.05. The van der Waals surface area contributed by atoms with E-state index in [1.807, 2.05) is 0 Å². The van der Waals surface area contributed by atoms with Gasteiger partial charge in [-0.3, -0.25) is 0 Å². The molecule has 0 aliphatic carbocycles. The monoisotopic (exact) mass is 248 g/mol.